The number of rotatable bonds is 5. The van der Waals surface area contributed by atoms with Gasteiger partial charge in [-0.25, -0.2) is 8.78 Å². The van der Waals surface area contributed by atoms with Gasteiger partial charge in [0.2, 0.25) is 0 Å². The van der Waals surface area contributed by atoms with E-state index in [0.29, 0.717) is 13.0 Å². The molecular weight excluding hydrogens is 192 g/mol. The summed E-state index contributed by atoms with van der Waals surface area (Å²) in [6, 6.07) is 1.18. The van der Waals surface area contributed by atoms with E-state index >= 15 is 0 Å². The highest BCUT2D eigenvalue weighted by Crippen LogP contribution is 2.12. The van der Waals surface area contributed by atoms with E-state index in [0.717, 1.165) is 5.56 Å². The summed E-state index contributed by atoms with van der Waals surface area (Å²) in [5.41, 5.74) is 0.983. The molecule has 0 spiro atoms. The molecule has 74 valence electrons. The van der Waals surface area contributed by atoms with Crippen molar-refractivity contribution in [2.75, 3.05) is 6.54 Å². The predicted octanol–water partition coefficient (Wildman–Crippen LogP) is 2.53. The molecule has 1 rings (SSSR count). The number of hydrogen-bond acceptors (Lipinski definition) is 2. The molecule has 0 fully saturated rings. The molecule has 0 amide bonds. The second-order valence-corrected chi connectivity index (χ2v) is 3.61. The maximum absolute atomic E-state index is 12.4. The number of alkyl halides is 2. The van der Waals surface area contributed by atoms with Crippen molar-refractivity contribution >= 4 is 11.3 Å². The van der Waals surface area contributed by atoms with Crippen LogP contribution in [-0.2, 0) is 6.42 Å². The van der Waals surface area contributed by atoms with Crippen LogP contribution in [0.3, 0.4) is 0 Å². The first-order chi connectivity index (χ1) is 6.24. The van der Waals surface area contributed by atoms with Gasteiger partial charge in [-0.1, -0.05) is 6.92 Å². The van der Waals surface area contributed by atoms with Crippen molar-refractivity contribution in [3.8, 4) is 0 Å². The Hall–Kier alpha value is -0.480. The lowest BCUT2D eigenvalue weighted by molar-refractivity contribution is 0.0991. The fourth-order valence-corrected chi connectivity index (χ4v) is 1.86. The van der Waals surface area contributed by atoms with E-state index in [2.05, 4.69) is 5.32 Å². The van der Waals surface area contributed by atoms with Gasteiger partial charge in [0.25, 0.3) is 6.43 Å². The van der Waals surface area contributed by atoms with E-state index in [9.17, 15) is 8.78 Å². The van der Waals surface area contributed by atoms with E-state index in [1.54, 1.807) is 0 Å². The van der Waals surface area contributed by atoms with Crippen LogP contribution >= 0.6 is 11.3 Å². The molecule has 0 saturated heterocycles. The van der Waals surface area contributed by atoms with Crippen molar-refractivity contribution in [3.05, 3.63) is 22.4 Å². The number of halogens is 2. The van der Waals surface area contributed by atoms with E-state index < -0.39 is 12.5 Å². The summed E-state index contributed by atoms with van der Waals surface area (Å²) < 4.78 is 24.8. The van der Waals surface area contributed by atoms with Gasteiger partial charge in [0, 0.05) is 0 Å². The second-order valence-electron chi connectivity index (χ2n) is 2.83. The monoisotopic (exact) mass is 205 g/mol. The molecule has 1 heterocycles. The van der Waals surface area contributed by atoms with Gasteiger partial charge in [0.15, 0.2) is 0 Å². The van der Waals surface area contributed by atoms with Gasteiger partial charge >= 0.3 is 0 Å². The van der Waals surface area contributed by atoms with E-state index in [-0.39, 0.29) is 0 Å². The van der Waals surface area contributed by atoms with Crippen LogP contribution in [0.1, 0.15) is 12.5 Å². The topological polar surface area (TPSA) is 12.0 Å². The summed E-state index contributed by atoms with van der Waals surface area (Å²) in [6.07, 6.45) is -1.88. The number of thiophene rings is 1. The average molecular weight is 205 g/mol. The molecule has 0 saturated carbocycles. The Morgan fingerprint density at radius 2 is 2.31 bits per heavy atom. The third kappa shape index (κ3) is 3.40. The van der Waals surface area contributed by atoms with E-state index in [1.165, 1.54) is 11.3 Å². The molecule has 0 radical (unpaired) electrons. The van der Waals surface area contributed by atoms with Gasteiger partial charge < -0.3 is 5.32 Å². The Kier molecular flexibility index (Phi) is 4.32. The number of nitrogens with one attached hydrogen (secondary N) is 1. The summed E-state index contributed by atoms with van der Waals surface area (Å²) in [4.78, 5) is 0. The summed E-state index contributed by atoms with van der Waals surface area (Å²) in [5, 5.41) is 6.59. The third-order valence-electron chi connectivity index (χ3n) is 1.81. The minimum Gasteiger partial charge on any atom is -0.309 e. The van der Waals surface area contributed by atoms with Gasteiger partial charge in [-0.05, 0) is 35.4 Å². The molecule has 0 aromatic carbocycles. The summed E-state index contributed by atoms with van der Waals surface area (Å²) in [5.74, 6) is 0. The van der Waals surface area contributed by atoms with Crippen molar-refractivity contribution in [1.29, 1.82) is 0 Å². The molecule has 13 heavy (non-hydrogen) atoms. The molecule has 1 unspecified atom stereocenters. The smallest absolute Gasteiger partial charge is 0.254 e. The van der Waals surface area contributed by atoms with Gasteiger partial charge in [0.1, 0.15) is 0 Å². The van der Waals surface area contributed by atoms with Crippen LogP contribution in [0.4, 0.5) is 8.78 Å². The second kappa shape index (κ2) is 5.29. The predicted molar refractivity (Wildman–Crippen MR) is 51.5 cm³/mol. The van der Waals surface area contributed by atoms with Crippen LogP contribution in [0, 0.1) is 0 Å². The zero-order valence-electron chi connectivity index (χ0n) is 7.47. The van der Waals surface area contributed by atoms with Crippen LogP contribution < -0.4 is 5.32 Å². The molecular formula is C9H13F2NS. The largest absolute Gasteiger partial charge is 0.309 e. The van der Waals surface area contributed by atoms with Gasteiger partial charge in [0.05, 0.1) is 6.04 Å². The van der Waals surface area contributed by atoms with Crippen molar-refractivity contribution < 1.29 is 8.78 Å². The van der Waals surface area contributed by atoms with Gasteiger partial charge in [-0.15, -0.1) is 0 Å². The van der Waals surface area contributed by atoms with Crippen molar-refractivity contribution in [1.82, 2.24) is 5.32 Å². The fourth-order valence-electron chi connectivity index (χ4n) is 1.18. The van der Waals surface area contributed by atoms with E-state index in [4.69, 9.17) is 0 Å². The Morgan fingerprint density at radius 1 is 1.54 bits per heavy atom. The zero-order chi connectivity index (χ0) is 9.68. The molecule has 0 aliphatic carbocycles. The molecule has 1 N–H and O–H groups in total. The minimum atomic E-state index is -2.29. The first-order valence-corrected chi connectivity index (χ1v) is 5.21. The van der Waals surface area contributed by atoms with Gasteiger partial charge in [-0.2, -0.15) is 11.3 Å². The van der Waals surface area contributed by atoms with Crippen LogP contribution in [0.15, 0.2) is 16.8 Å². The normalized spacial score (nSPS) is 13.5. The molecule has 1 aromatic rings. The standard InChI is InChI=1S/C9H13F2NS/c1-2-12-8(9(10)11)5-7-3-4-13-6-7/h3-4,6,8-9,12H,2,5H2,1H3. The lowest BCUT2D eigenvalue weighted by Gasteiger charge is -2.15. The molecule has 0 aliphatic rings. The summed E-state index contributed by atoms with van der Waals surface area (Å²) in [7, 11) is 0. The molecule has 0 bridgehead atoms. The molecule has 1 aromatic heterocycles. The summed E-state index contributed by atoms with van der Waals surface area (Å²) >= 11 is 1.54. The number of hydrogen-bond donors (Lipinski definition) is 1. The molecule has 1 nitrogen and oxygen atoms in total. The first kappa shape index (κ1) is 10.6. The van der Waals surface area contributed by atoms with Crippen LogP contribution in [0.25, 0.3) is 0 Å². The fraction of sp³-hybridized carbons (Fsp3) is 0.556. The minimum absolute atomic E-state index is 0.412. The average Bonchev–Trinajstić information content (AvgIpc) is 2.56. The van der Waals surface area contributed by atoms with Crippen LogP contribution in [-0.4, -0.2) is 19.0 Å². The SMILES string of the molecule is CCNC(Cc1ccsc1)C(F)F. The maximum Gasteiger partial charge on any atom is 0.254 e. The Bertz CT molecular complexity index is 224. The molecule has 0 aliphatic heterocycles. The van der Waals surface area contributed by atoms with Crippen molar-refractivity contribution in [2.45, 2.75) is 25.8 Å². The van der Waals surface area contributed by atoms with Crippen molar-refractivity contribution in [2.24, 2.45) is 0 Å². The highest BCUT2D eigenvalue weighted by Gasteiger charge is 2.19. The quantitative estimate of drug-likeness (QED) is 0.779. The molecule has 1 atom stereocenters. The van der Waals surface area contributed by atoms with Crippen LogP contribution in [0.2, 0.25) is 0 Å². The third-order valence-corrected chi connectivity index (χ3v) is 2.54. The maximum atomic E-state index is 12.4. The van der Waals surface area contributed by atoms with E-state index in [1.807, 2.05) is 23.8 Å². The summed E-state index contributed by atoms with van der Waals surface area (Å²) in [6.45, 7) is 2.42. The Labute approximate surface area is 80.8 Å². The zero-order valence-corrected chi connectivity index (χ0v) is 8.28. The lowest BCUT2D eigenvalue weighted by atomic mass is 10.1. The highest BCUT2D eigenvalue weighted by atomic mass is 32.1. The Balaban J connectivity index is 2.47. The van der Waals surface area contributed by atoms with Crippen molar-refractivity contribution in [3.63, 3.8) is 0 Å². The first-order valence-electron chi connectivity index (χ1n) is 4.26. The van der Waals surface area contributed by atoms with Gasteiger partial charge in [-0.3, -0.25) is 0 Å². The lowest BCUT2D eigenvalue weighted by Crippen LogP contribution is -2.37. The Morgan fingerprint density at radius 3 is 2.77 bits per heavy atom. The molecule has 4 heteroatoms. The number of likely N-dealkylation sites (N-methyl/N-ethyl adjacent to an activating group) is 1. The highest BCUT2D eigenvalue weighted by molar-refractivity contribution is 7.07. The van der Waals surface area contributed by atoms with Crippen LogP contribution in [0.5, 0.6) is 0 Å².